The van der Waals surface area contributed by atoms with Gasteiger partial charge in [0.25, 0.3) is 0 Å². The molecule has 0 aliphatic rings. The number of halogens is 1. The van der Waals surface area contributed by atoms with E-state index in [1.807, 2.05) is 36.4 Å². The molecule has 0 aromatic heterocycles. The van der Waals surface area contributed by atoms with Crippen LogP contribution in [0.3, 0.4) is 0 Å². The highest BCUT2D eigenvalue weighted by Crippen LogP contribution is 2.24. The van der Waals surface area contributed by atoms with Crippen LogP contribution in [0.5, 0.6) is 0 Å². The smallest absolute Gasteiger partial charge is 0.141 e. The third-order valence-corrected chi connectivity index (χ3v) is 3.94. The predicted molar refractivity (Wildman–Crippen MR) is 92.8 cm³/mol. The zero-order valence-corrected chi connectivity index (χ0v) is 14.0. The molecular weight excluding hydrogens is 289 g/mol. The molecule has 1 radical (unpaired) electrons. The van der Waals surface area contributed by atoms with Crippen LogP contribution in [-0.2, 0) is 4.74 Å². The summed E-state index contributed by atoms with van der Waals surface area (Å²) in [6.07, 6.45) is -1.12. The van der Waals surface area contributed by atoms with Gasteiger partial charge in [-0.1, -0.05) is 60.7 Å². The molecule has 0 bridgehead atoms. The van der Waals surface area contributed by atoms with Gasteiger partial charge in [0.2, 0.25) is 0 Å². The van der Waals surface area contributed by atoms with Crippen LogP contribution in [0.15, 0.2) is 60.7 Å². The van der Waals surface area contributed by atoms with Crippen LogP contribution in [0.4, 0.5) is 4.39 Å². The lowest BCUT2D eigenvalue weighted by molar-refractivity contribution is -0.0366. The van der Waals surface area contributed by atoms with Crippen molar-refractivity contribution in [2.24, 2.45) is 0 Å². The fourth-order valence-corrected chi connectivity index (χ4v) is 2.56. The molecule has 0 aliphatic heterocycles. The minimum absolute atomic E-state index is 0.0444. The van der Waals surface area contributed by atoms with Gasteiger partial charge in [-0.2, -0.15) is 0 Å². The molecule has 0 fully saturated rings. The molecular formula is C20H25FNO. The lowest BCUT2D eigenvalue weighted by Crippen LogP contribution is -2.43. The Kier molecular flexibility index (Phi) is 6.31. The van der Waals surface area contributed by atoms with Crippen LogP contribution in [0.2, 0.25) is 0 Å². The first-order valence-corrected chi connectivity index (χ1v) is 7.97. The molecule has 0 aliphatic carbocycles. The normalized spacial score (nSPS) is 13.3. The van der Waals surface area contributed by atoms with E-state index in [2.05, 4.69) is 29.6 Å². The predicted octanol–water partition coefficient (Wildman–Crippen LogP) is 4.68. The number of nitrogens with one attached hydrogen (secondary N) is 1. The lowest BCUT2D eigenvalue weighted by Gasteiger charge is -2.30. The molecule has 23 heavy (non-hydrogen) atoms. The molecule has 0 spiro atoms. The molecule has 0 amide bonds. The Labute approximate surface area is 138 Å². The highest BCUT2D eigenvalue weighted by molar-refractivity contribution is 5.31. The van der Waals surface area contributed by atoms with Crippen molar-refractivity contribution >= 4 is 0 Å². The Morgan fingerprint density at radius 3 is 1.91 bits per heavy atom. The van der Waals surface area contributed by atoms with E-state index in [1.54, 1.807) is 27.4 Å². The average molecular weight is 314 g/mol. The van der Waals surface area contributed by atoms with Gasteiger partial charge in [0.15, 0.2) is 0 Å². The second-order valence-corrected chi connectivity index (χ2v) is 6.09. The van der Waals surface area contributed by atoms with E-state index < -0.39 is 11.8 Å². The van der Waals surface area contributed by atoms with Crippen molar-refractivity contribution in [3.05, 3.63) is 78.4 Å². The van der Waals surface area contributed by atoms with E-state index in [9.17, 15) is 4.39 Å². The van der Waals surface area contributed by atoms with E-state index in [0.29, 0.717) is 0 Å². The maximum Gasteiger partial charge on any atom is 0.141 e. The molecule has 2 nitrogen and oxygen atoms in total. The van der Waals surface area contributed by atoms with Gasteiger partial charge in [-0.25, -0.2) is 4.39 Å². The molecule has 1 unspecified atom stereocenters. The Bertz CT molecular complexity index is 531. The summed E-state index contributed by atoms with van der Waals surface area (Å²) < 4.78 is 19.9. The first kappa shape index (κ1) is 17.6. The first-order chi connectivity index (χ1) is 11.0. The van der Waals surface area contributed by atoms with Crippen LogP contribution < -0.4 is 5.32 Å². The van der Waals surface area contributed by atoms with Gasteiger partial charge in [-0.15, -0.1) is 0 Å². The largest absolute Gasteiger partial charge is 0.367 e. The Morgan fingerprint density at radius 2 is 1.48 bits per heavy atom. The number of hydrogen-bond acceptors (Lipinski definition) is 2. The summed E-state index contributed by atoms with van der Waals surface area (Å²) in [5, 5.41) is 3.35. The molecule has 0 saturated carbocycles. The standard InChI is InChI=1S/C20H25FNO/c1-4-23-20(2,3)18(21)15-22-19(16-11-7-5-8-12-16)17-13-9-6-10-14-17/h4-14,18-19,22H,15H2,1-3H3. The zero-order chi connectivity index (χ0) is 16.7. The van der Waals surface area contributed by atoms with Gasteiger partial charge < -0.3 is 10.1 Å². The molecule has 0 saturated heterocycles. The number of hydrogen-bond donors (Lipinski definition) is 1. The number of ether oxygens (including phenoxy) is 1. The fraction of sp³-hybridized carbons (Fsp3) is 0.350. The molecule has 1 N–H and O–H groups in total. The van der Waals surface area contributed by atoms with Crippen molar-refractivity contribution in [1.82, 2.24) is 5.32 Å². The van der Waals surface area contributed by atoms with E-state index >= 15 is 0 Å². The van der Waals surface area contributed by atoms with Crippen molar-refractivity contribution in [2.75, 3.05) is 6.54 Å². The van der Waals surface area contributed by atoms with Gasteiger partial charge in [-0.3, -0.25) is 0 Å². The summed E-state index contributed by atoms with van der Waals surface area (Å²) >= 11 is 0. The second-order valence-electron chi connectivity index (χ2n) is 6.09. The molecule has 0 heterocycles. The Hall–Kier alpha value is -1.71. The topological polar surface area (TPSA) is 21.3 Å². The number of benzene rings is 2. The zero-order valence-electron chi connectivity index (χ0n) is 14.0. The highest BCUT2D eigenvalue weighted by Gasteiger charge is 2.30. The van der Waals surface area contributed by atoms with E-state index in [4.69, 9.17) is 4.74 Å². The quantitative estimate of drug-likeness (QED) is 0.764. The summed E-state index contributed by atoms with van der Waals surface area (Å²) in [6, 6.07) is 20.1. The van der Waals surface area contributed by atoms with Crippen molar-refractivity contribution in [3.63, 3.8) is 0 Å². The van der Waals surface area contributed by atoms with Crippen LogP contribution >= 0.6 is 0 Å². The van der Waals surface area contributed by atoms with Gasteiger partial charge in [-0.05, 0) is 31.9 Å². The molecule has 2 rings (SSSR count). The van der Waals surface area contributed by atoms with Crippen molar-refractivity contribution < 1.29 is 9.13 Å². The minimum atomic E-state index is -1.12. The summed E-state index contributed by atoms with van der Waals surface area (Å²) in [7, 11) is 0. The Balaban J connectivity index is 2.13. The number of rotatable bonds is 8. The van der Waals surface area contributed by atoms with Gasteiger partial charge in [0.1, 0.15) is 6.17 Å². The number of alkyl halides is 1. The third-order valence-electron chi connectivity index (χ3n) is 3.94. The van der Waals surface area contributed by atoms with Crippen molar-refractivity contribution in [1.29, 1.82) is 0 Å². The van der Waals surface area contributed by atoms with E-state index in [0.717, 1.165) is 11.1 Å². The maximum absolute atomic E-state index is 14.6. The SMILES string of the molecule is C[CH]OC(C)(C)C(F)CNC(c1ccccc1)c1ccccc1. The fourth-order valence-electron chi connectivity index (χ4n) is 2.56. The first-order valence-electron chi connectivity index (χ1n) is 7.97. The van der Waals surface area contributed by atoms with Crippen molar-refractivity contribution in [2.45, 2.75) is 38.6 Å². The molecule has 1 atom stereocenters. The molecule has 2 aromatic rings. The van der Waals surface area contributed by atoms with Gasteiger partial charge >= 0.3 is 0 Å². The average Bonchev–Trinajstić information content (AvgIpc) is 2.57. The van der Waals surface area contributed by atoms with E-state index in [1.165, 1.54) is 0 Å². The van der Waals surface area contributed by atoms with E-state index in [-0.39, 0.29) is 12.6 Å². The molecule has 2 aromatic carbocycles. The summed E-state index contributed by atoms with van der Waals surface area (Å²) in [4.78, 5) is 0. The second kappa shape index (κ2) is 8.23. The van der Waals surface area contributed by atoms with Gasteiger partial charge in [0.05, 0.1) is 18.2 Å². The summed E-state index contributed by atoms with van der Waals surface area (Å²) in [5.41, 5.74) is 1.39. The lowest BCUT2D eigenvalue weighted by atomic mass is 9.97. The summed E-state index contributed by atoms with van der Waals surface area (Å²) in [6.45, 7) is 7.05. The van der Waals surface area contributed by atoms with Crippen LogP contribution in [-0.4, -0.2) is 18.3 Å². The highest BCUT2D eigenvalue weighted by atomic mass is 19.1. The van der Waals surface area contributed by atoms with Crippen LogP contribution in [0.1, 0.15) is 37.9 Å². The molecule has 123 valence electrons. The summed E-state index contributed by atoms with van der Waals surface area (Å²) in [5.74, 6) is 0. The Morgan fingerprint density at radius 1 is 1.00 bits per heavy atom. The van der Waals surface area contributed by atoms with Crippen LogP contribution in [0, 0.1) is 6.61 Å². The maximum atomic E-state index is 14.6. The van der Waals surface area contributed by atoms with Gasteiger partial charge in [0, 0.05) is 6.54 Å². The third kappa shape index (κ3) is 4.88. The van der Waals surface area contributed by atoms with Crippen molar-refractivity contribution in [3.8, 4) is 0 Å². The monoisotopic (exact) mass is 314 g/mol. The van der Waals surface area contributed by atoms with Crippen LogP contribution in [0.25, 0.3) is 0 Å². The molecule has 3 heteroatoms. The minimum Gasteiger partial charge on any atom is -0.367 e.